The van der Waals surface area contributed by atoms with Crippen LogP contribution in [0.3, 0.4) is 0 Å². The molecule has 1 aliphatic heterocycles. The van der Waals surface area contributed by atoms with Crippen LogP contribution in [0, 0.1) is 0 Å². The Hall–Kier alpha value is -3.21. The lowest BCUT2D eigenvalue weighted by Crippen LogP contribution is -2.38. The number of halogens is 1. The van der Waals surface area contributed by atoms with Gasteiger partial charge in [-0.2, -0.15) is 4.98 Å². The fraction of sp³-hybridized carbons (Fsp3) is 0.292. The number of fused-ring (bicyclic) bond motifs is 5. The molecule has 35 heavy (non-hydrogen) atoms. The molecule has 2 atom stereocenters. The van der Waals surface area contributed by atoms with Gasteiger partial charge in [0.2, 0.25) is 16.0 Å². The number of carbonyl (C=O) groups excluding carboxylic acids is 1. The summed E-state index contributed by atoms with van der Waals surface area (Å²) in [4.78, 5) is 21.0. The van der Waals surface area contributed by atoms with E-state index >= 15 is 0 Å². The van der Waals surface area contributed by atoms with Crippen molar-refractivity contribution in [2.45, 2.75) is 18.3 Å². The number of rotatable bonds is 6. The number of nitrogens with zero attached hydrogens (tertiary/aromatic N) is 3. The standard InChI is InChI=1S/C24H25ClN6O3S/c1-26-23(32)18-5-3-4-6-21(18)29-22-20(25)11-27-24(30-22)28-16-7-8-17-14-9-15(19(17)10-16)13-31(12-14)35(2,33)34/h3-8,10-11,14-15H,9,12-13H2,1-2H3,(H,26,32)(H2,27,28,29,30). The first-order chi connectivity index (χ1) is 16.7. The van der Waals surface area contributed by atoms with Gasteiger partial charge in [0.25, 0.3) is 5.91 Å². The number of nitrogens with one attached hydrogen (secondary N) is 3. The topological polar surface area (TPSA) is 116 Å². The van der Waals surface area contributed by atoms with Crippen LogP contribution in [0.25, 0.3) is 0 Å². The summed E-state index contributed by atoms with van der Waals surface area (Å²) in [7, 11) is -1.65. The maximum absolute atomic E-state index is 12.2. The van der Waals surface area contributed by atoms with Gasteiger partial charge in [0, 0.05) is 25.8 Å². The second kappa shape index (κ2) is 9.10. The molecule has 2 bridgehead atoms. The molecule has 5 rings (SSSR count). The number of anilines is 4. The van der Waals surface area contributed by atoms with Crippen LogP contribution in [0.5, 0.6) is 0 Å². The first kappa shape index (κ1) is 23.5. The average Bonchev–Trinajstić information content (AvgIpc) is 3.09. The van der Waals surface area contributed by atoms with Crippen molar-refractivity contribution >= 4 is 50.7 Å². The van der Waals surface area contributed by atoms with Gasteiger partial charge in [-0.05, 0) is 53.6 Å². The van der Waals surface area contributed by atoms with Crippen LogP contribution in [0.4, 0.5) is 23.1 Å². The van der Waals surface area contributed by atoms with Crippen molar-refractivity contribution in [1.29, 1.82) is 0 Å². The highest BCUT2D eigenvalue weighted by Gasteiger charge is 2.40. The third-order valence-corrected chi connectivity index (χ3v) is 8.02. The van der Waals surface area contributed by atoms with Crippen molar-refractivity contribution in [3.05, 3.63) is 70.4 Å². The summed E-state index contributed by atoms with van der Waals surface area (Å²) in [6.07, 6.45) is 3.72. The zero-order valence-electron chi connectivity index (χ0n) is 19.2. The van der Waals surface area contributed by atoms with E-state index in [2.05, 4.69) is 38.1 Å². The molecule has 3 N–H and O–H groups in total. The lowest BCUT2D eigenvalue weighted by Gasteiger charge is -2.30. The van der Waals surface area contributed by atoms with E-state index in [9.17, 15) is 13.2 Å². The summed E-state index contributed by atoms with van der Waals surface area (Å²) in [5, 5.41) is 9.28. The van der Waals surface area contributed by atoms with E-state index < -0.39 is 10.0 Å². The van der Waals surface area contributed by atoms with Crippen LogP contribution in [-0.4, -0.2) is 55.0 Å². The minimum Gasteiger partial charge on any atom is -0.355 e. The van der Waals surface area contributed by atoms with Gasteiger partial charge in [0.15, 0.2) is 5.82 Å². The second-order valence-electron chi connectivity index (χ2n) is 8.82. The maximum atomic E-state index is 12.2. The van der Waals surface area contributed by atoms with Gasteiger partial charge < -0.3 is 16.0 Å². The number of piperidine rings is 1. The smallest absolute Gasteiger partial charge is 0.253 e. The average molecular weight is 513 g/mol. The molecule has 0 saturated carbocycles. The zero-order valence-corrected chi connectivity index (χ0v) is 20.8. The molecule has 11 heteroatoms. The van der Waals surface area contributed by atoms with Crippen LogP contribution < -0.4 is 16.0 Å². The van der Waals surface area contributed by atoms with Crippen molar-refractivity contribution in [2.75, 3.05) is 37.0 Å². The molecule has 1 aromatic heterocycles. The number of hydrogen-bond donors (Lipinski definition) is 3. The van der Waals surface area contributed by atoms with Crippen molar-refractivity contribution < 1.29 is 13.2 Å². The third-order valence-electron chi connectivity index (χ3n) is 6.50. The van der Waals surface area contributed by atoms with Crippen LogP contribution in [0.1, 0.15) is 39.7 Å². The molecule has 0 spiro atoms. The van der Waals surface area contributed by atoms with Crippen LogP contribution >= 0.6 is 11.6 Å². The molecule has 2 heterocycles. The van der Waals surface area contributed by atoms with E-state index in [1.165, 1.54) is 18.0 Å². The monoisotopic (exact) mass is 512 g/mol. The number of hydrogen-bond acceptors (Lipinski definition) is 7. The molecule has 1 fully saturated rings. The number of aromatic nitrogens is 2. The second-order valence-corrected chi connectivity index (χ2v) is 11.2. The van der Waals surface area contributed by atoms with Crippen molar-refractivity contribution in [3.63, 3.8) is 0 Å². The minimum atomic E-state index is -3.22. The summed E-state index contributed by atoms with van der Waals surface area (Å²) in [5.74, 6) is 0.865. The van der Waals surface area contributed by atoms with E-state index in [0.29, 0.717) is 41.1 Å². The fourth-order valence-electron chi connectivity index (χ4n) is 4.85. The minimum absolute atomic E-state index is 0.171. The van der Waals surface area contributed by atoms with Gasteiger partial charge in [-0.15, -0.1) is 0 Å². The van der Waals surface area contributed by atoms with Crippen molar-refractivity contribution in [2.24, 2.45) is 0 Å². The Morgan fingerprint density at radius 1 is 1.09 bits per heavy atom. The first-order valence-corrected chi connectivity index (χ1v) is 13.4. The van der Waals surface area contributed by atoms with Crippen LogP contribution in [-0.2, 0) is 10.0 Å². The van der Waals surface area contributed by atoms with E-state index in [1.807, 2.05) is 12.1 Å². The quantitative estimate of drug-likeness (QED) is 0.459. The summed E-state index contributed by atoms with van der Waals surface area (Å²) in [6, 6.07) is 13.1. The van der Waals surface area contributed by atoms with Crippen molar-refractivity contribution in [3.8, 4) is 0 Å². The molecular weight excluding hydrogens is 488 g/mol. The molecule has 2 unspecified atom stereocenters. The van der Waals surface area contributed by atoms with E-state index in [0.717, 1.165) is 17.7 Å². The van der Waals surface area contributed by atoms with Gasteiger partial charge in [-0.1, -0.05) is 29.8 Å². The zero-order chi connectivity index (χ0) is 24.7. The van der Waals surface area contributed by atoms with Crippen molar-refractivity contribution in [1.82, 2.24) is 19.6 Å². The normalized spacial score (nSPS) is 19.2. The first-order valence-electron chi connectivity index (χ1n) is 11.2. The lowest BCUT2D eigenvalue weighted by atomic mass is 9.98. The Balaban J connectivity index is 1.38. The van der Waals surface area contributed by atoms with E-state index in [4.69, 9.17) is 11.6 Å². The molecule has 2 aromatic carbocycles. The van der Waals surface area contributed by atoms with Gasteiger partial charge in [0.1, 0.15) is 5.02 Å². The highest BCUT2D eigenvalue weighted by molar-refractivity contribution is 7.88. The van der Waals surface area contributed by atoms with Crippen LogP contribution in [0.15, 0.2) is 48.7 Å². The summed E-state index contributed by atoms with van der Waals surface area (Å²) >= 11 is 6.33. The third kappa shape index (κ3) is 4.69. The molecule has 182 valence electrons. The fourth-order valence-corrected chi connectivity index (χ4v) is 5.89. The van der Waals surface area contributed by atoms with Gasteiger partial charge in [0.05, 0.1) is 23.7 Å². The summed E-state index contributed by atoms with van der Waals surface area (Å²) in [6.45, 7) is 1.03. The predicted molar refractivity (Wildman–Crippen MR) is 136 cm³/mol. The number of amides is 1. The number of carbonyl (C=O) groups is 1. The van der Waals surface area contributed by atoms with Gasteiger partial charge in [-0.25, -0.2) is 17.7 Å². The van der Waals surface area contributed by atoms with Crippen LogP contribution in [0.2, 0.25) is 5.02 Å². The summed E-state index contributed by atoms with van der Waals surface area (Å²) in [5.41, 5.74) is 4.21. The van der Waals surface area contributed by atoms with E-state index in [1.54, 1.807) is 29.6 Å². The molecule has 9 nitrogen and oxygen atoms in total. The SMILES string of the molecule is CNC(=O)c1ccccc1Nc1nc(Nc2ccc3c(c2)C2CC3CN(S(C)(=O)=O)C2)ncc1Cl. The highest BCUT2D eigenvalue weighted by atomic mass is 35.5. The molecule has 0 radical (unpaired) electrons. The Bertz CT molecular complexity index is 1410. The largest absolute Gasteiger partial charge is 0.355 e. The highest BCUT2D eigenvalue weighted by Crippen LogP contribution is 2.47. The molecule has 2 aliphatic rings. The Morgan fingerprint density at radius 2 is 1.83 bits per heavy atom. The molecule has 1 aliphatic carbocycles. The Kier molecular flexibility index (Phi) is 6.12. The van der Waals surface area contributed by atoms with Gasteiger partial charge >= 0.3 is 0 Å². The van der Waals surface area contributed by atoms with E-state index in [-0.39, 0.29) is 17.7 Å². The Labute approximate surface area is 209 Å². The number of para-hydroxylation sites is 1. The molecule has 1 amide bonds. The molecule has 3 aromatic rings. The predicted octanol–water partition coefficient (Wildman–Crippen LogP) is 3.82. The lowest BCUT2D eigenvalue weighted by molar-refractivity contribution is 0.0964. The van der Waals surface area contributed by atoms with Gasteiger partial charge in [-0.3, -0.25) is 4.79 Å². The Morgan fingerprint density at radius 3 is 2.57 bits per heavy atom. The number of benzene rings is 2. The molecule has 1 saturated heterocycles. The number of sulfonamides is 1. The summed E-state index contributed by atoms with van der Waals surface area (Å²) < 4.78 is 25.8. The maximum Gasteiger partial charge on any atom is 0.253 e. The molecular formula is C24H25ClN6O3S.